The minimum atomic E-state index is -2.24. The van der Waals surface area contributed by atoms with E-state index < -0.39 is 95.7 Å². The molecule has 218 valence electrons. The number of nitrogens with two attached hydrogens (primary N) is 1. The predicted molar refractivity (Wildman–Crippen MR) is 140 cm³/mol. The molecule has 1 saturated heterocycles. The van der Waals surface area contributed by atoms with Crippen LogP contribution in [0.25, 0.3) is 0 Å². The van der Waals surface area contributed by atoms with Crippen molar-refractivity contribution in [2.24, 2.45) is 5.73 Å². The summed E-state index contributed by atoms with van der Waals surface area (Å²) in [6.45, 7) is 0.560. The van der Waals surface area contributed by atoms with Crippen LogP contribution in [-0.4, -0.2) is 86.7 Å². The molecule has 0 spiro atoms. The number of phenolic OH excluding ortho intramolecular Hbond substituents is 2. The van der Waals surface area contributed by atoms with Gasteiger partial charge in [0.15, 0.2) is 17.9 Å². The van der Waals surface area contributed by atoms with Crippen LogP contribution in [0.1, 0.15) is 70.3 Å². The zero-order chi connectivity index (χ0) is 28.4. The first-order valence-corrected chi connectivity index (χ1v) is 12.4. The average molecular weight is 604 g/mol. The van der Waals surface area contributed by atoms with E-state index in [0.29, 0.717) is 0 Å². The first kappa shape index (κ1) is 33.4. The number of Topliss-reactive ketones (excluding diaryl/α,β-unsaturated/α-hetero) is 1. The van der Waals surface area contributed by atoms with Gasteiger partial charge in [0.1, 0.15) is 29.5 Å². The van der Waals surface area contributed by atoms with Crippen LogP contribution in [0.3, 0.4) is 0 Å². The first-order chi connectivity index (χ1) is 18.4. The van der Waals surface area contributed by atoms with E-state index in [9.17, 15) is 39.9 Å². The Morgan fingerprint density at radius 1 is 1.17 bits per heavy atom. The maximum Gasteiger partial charge on any atom is 1.00 e. The van der Waals surface area contributed by atoms with E-state index in [1.807, 2.05) is 0 Å². The fourth-order valence-electron chi connectivity index (χ4n) is 5.75. The number of halogens is 1. The molecular formula is C27H31ClNNaO11. The van der Waals surface area contributed by atoms with Gasteiger partial charge in [0.25, 0.3) is 0 Å². The summed E-state index contributed by atoms with van der Waals surface area (Å²) in [5, 5.41) is 53.7. The van der Waals surface area contributed by atoms with Crippen molar-refractivity contribution in [3.05, 3.63) is 51.6 Å². The number of phenols is 2. The number of ether oxygens (including phenoxy) is 3. The third kappa shape index (κ3) is 5.31. The van der Waals surface area contributed by atoms with Crippen LogP contribution in [0.5, 0.6) is 17.2 Å². The fraction of sp³-hybridized carbons (Fsp3) is 0.444. The summed E-state index contributed by atoms with van der Waals surface area (Å²) < 4.78 is 17.0. The largest absolute Gasteiger partial charge is 1.00 e. The number of hydrogen-bond acceptors (Lipinski definition) is 12. The zero-order valence-corrected chi connectivity index (χ0v) is 25.4. The van der Waals surface area contributed by atoms with E-state index in [1.165, 1.54) is 25.3 Å². The molecule has 4 unspecified atom stereocenters. The summed E-state index contributed by atoms with van der Waals surface area (Å²) in [6.07, 6.45) is -5.12. The normalized spacial score (nSPS) is 28.4. The molecule has 0 amide bonds. The van der Waals surface area contributed by atoms with Crippen molar-refractivity contribution >= 4 is 29.8 Å². The molecule has 6 atom stereocenters. The summed E-state index contributed by atoms with van der Waals surface area (Å²) in [5.41, 5.74) is 2.37. The second kappa shape index (κ2) is 12.3. The number of aliphatic hydroxyl groups excluding tert-OH is 2. The molecule has 2 aliphatic carbocycles. The Balaban J connectivity index is 0.00000205. The number of rotatable bonds is 5. The van der Waals surface area contributed by atoms with Crippen LogP contribution in [0.15, 0.2) is 18.2 Å². The molecule has 0 aromatic heterocycles. The zero-order valence-electron chi connectivity index (χ0n) is 23.6. The van der Waals surface area contributed by atoms with Crippen LogP contribution in [0.4, 0.5) is 0 Å². The number of aliphatic hydroxyl groups is 3. The van der Waals surface area contributed by atoms with Crippen molar-refractivity contribution in [1.82, 2.24) is 0 Å². The van der Waals surface area contributed by atoms with Crippen molar-refractivity contribution < 1.29 is 85.1 Å². The molecule has 5 rings (SSSR count). The Labute approximate surface area is 264 Å². The maximum absolute atomic E-state index is 13.6. The topological polar surface area (TPSA) is 206 Å². The van der Waals surface area contributed by atoms with E-state index in [1.54, 1.807) is 6.92 Å². The number of carbonyl (C=O) groups excluding carboxylic acids is 3. The van der Waals surface area contributed by atoms with Crippen LogP contribution in [-0.2, 0) is 20.7 Å². The van der Waals surface area contributed by atoms with Crippen molar-refractivity contribution in [2.75, 3.05) is 13.7 Å². The van der Waals surface area contributed by atoms with Gasteiger partial charge in [-0.15, -0.1) is 12.4 Å². The monoisotopic (exact) mass is 603 g/mol. The van der Waals surface area contributed by atoms with Gasteiger partial charge < -0.3 is 46.9 Å². The van der Waals surface area contributed by atoms with Crippen molar-refractivity contribution in [3.63, 3.8) is 0 Å². The minimum absolute atomic E-state index is 0. The molecule has 1 heterocycles. The average Bonchev–Trinajstić information content (AvgIpc) is 2.90. The number of ketones is 3. The minimum Gasteiger partial charge on any atom is -1.00 e. The summed E-state index contributed by atoms with van der Waals surface area (Å²) >= 11 is 0. The quantitative estimate of drug-likeness (QED) is 0.133. The van der Waals surface area contributed by atoms with Gasteiger partial charge in [-0.1, -0.05) is 12.1 Å². The van der Waals surface area contributed by atoms with E-state index in [0.717, 1.165) is 0 Å². The third-order valence-electron chi connectivity index (χ3n) is 7.81. The van der Waals surface area contributed by atoms with Gasteiger partial charge in [0.05, 0.1) is 42.1 Å². The number of methoxy groups -OCH3 is 1. The van der Waals surface area contributed by atoms with Crippen molar-refractivity contribution in [2.45, 2.75) is 62.4 Å². The summed E-state index contributed by atoms with van der Waals surface area (Å²) in [7, 11) is 1.32. The fourth-order valence-corrected chi connectivity index (χ4v) is 5.75. The Morgan fingerprint density at radius 3 is 2.44 bits per heavy atom. The van der Waals surface area contributed by atoms with Crippen molar-refractivity contribution in [3.8, 4) is 17.2 Å². The second-order valence-electron chi connectivity index (χ2n) is 10.2. The standard InChI is InChI=1S/C27H29NO11.ClH.Na.H/c1-10-22(31)13(28)6-17(38-10)39-15-8-27(36,16(30)9-29)7-12-19(15)26(35)21-20(24(12)33)23(32)11-4-3-5-14(37-2)18(11)25(21)34;;;/h3-5,10,13,15,17,22,29,31,33,35-36H,6-9,28H2,1-2H3;1H;;/q;;+1;-1/t10?,13?,15-,17?,22?,27-;;;/m0.../s1. The van der Waals surface area contributed by atoms with E-state index in [4.69, 9.17) is 19.9 Å². The number of carbonyl (C=O) groups is 3. The molecule has 3 aliphatic rings. The Bertz CT molecular complexity index is 1400. The molecule has 41 heavy (non-hydrogen) atoms. The van der Waals surface area contributed by atoms with E-state index in [-0.39, 0.29) is 77.8 Å². The van der Waals surface area contributed by atoms with Gasteiger partial charge in [0.2, 0.25) is 5.78 Å². The van der Waals surface area contributed by atoms with E-state index >= 15 is 0 Å². The molecular weight excluding hydrogens is 573 g/mol. The van der Waals surface area contributed by atoms with Gasteiger partial charge in [-0.3, -0.25) is 14.4 Å². The number of fused-ring (bicyclic) bond motifs is 3. The molecule has 0 saturated carbocycles. The van der Waals surface area contributed by atoms with Gasteiger partial charge in [0, 0.05) is 42.0 Å². The second-order valence-corrected chi connectivity index (χ2v) is 10.2. The SMILES string of the molecule is COc1cccc2c1C(=O)c1c(O)c3c(c(O)c1C2=O)C[C@@](O)(C(=O)CO)C[C@@H]3OC1CC(N)C(O)C(C)O1.Cl.[H-].[Na+]. The smallest absolute Gasteiger partial charge is 1.00 e. The molecule has 0 bridgehead atoms. The summed E-state index contributed by atoms with van der Waals surface area (Å²) in [5.74, 6) is -3.77. The van der Waals surface area contributed by atoms with Gasteiger partial charge in [-0.2, -0.15) is 0 Å². The molecule has 2 aromatic rings. The van der Waals surface area contributed by atoms with Gasteiger partial charge in [-0.25, -0.2) is 0 Å². The predicted octanol–water partition coefficient (Wildman–Crippen LogP) is -2.46. The van der Waals surface area contributed by atoms with Crippen LogP contribution in [0, 0.1) is 0 Å². The van der Waals surface area contributed by atoms with Crippen LogP contribution < -0.4 is 40.0 Å². The van der Waals surface area contributed by atoms with Gasteiger partial charge >= 0.3 is 29.6 Å². The molecule has 2 aromatic carbocycles. The first-order valence-electron chi connectivity index (χ1n) is 12.4. The summed E-state index contributed by atoms with van der Waals surface area (Å²) in [4.78, 5) is 39.7. The molecule has 14 heteroatoms. The summed E-state index contributed by atoms with van der Waals surface area (Å²) in [6, 6.07) is 3.64. The maximum atomic E-state index is 13.6. The molecule has 7 N–H and O–H groups in total. The number of hydrogen-bond donors (Lipinski definition) is 6. The molecule has 1 fully saturated rings. The van der Waals surface area contributed by atoms with E-state index in [2.05, 4.69) is 0 Å². The number of aromatic hydroxyl groups is 2. The Morgan fingerprint density at radius 2 is 1.83 bits per heavy atom. The Hall–Kier alpha value is -2.10. The molecule has 0 radical (unpaired) electrons. The molecule has 12 nitrogen and oxygen atoms in total. The molecule has 1 aliphatic heterocycles. The number of benzene rings is 2. The van der Waals surface area contributed by atoms with Crippen LogP contribution in [0.2, 0.25) is 0 Å². The third-order valence-corrected chi connectivity index (χ3v) is 7.81. The Kier molecular flexibility index (Phi) is 9.98. The van der Waals surface area contributed by atoms with Gasteiger partial charge in [-0.05, 0) is 13.0 Å². The van der Waals surface area contributed by atoms with Crippen LogP contribution >= 0.6 is 12.4 Å². The van der Waals surface area contributed by atoms with Crippen molar-refractivity contribution in [1.29, 1.82) is 0 Å².